The van der Waals surface area contributed by atoms with Crippen LogP contribution in [0.4, 0.5) is 4.79 Å². The summed E-state index contributed by atoms with van der Waals surface area (Å²) in [4.78, 5) is 22.5. The summed E-state index contributed by atoms with van der Waals surface area (Å²) >= 11 is 0. The molecule has 1 aliphatic heterocycles. The molecule has 1 aliphatic rings. The smallest absolute Gasteiger partial charge is 0.466 e. The van der Waals surface area contributed by atoms with Gasteiger partial charge in [0.1, 0.15) is 19.3 Å². The Morgan fingerprint density at radius 2 is 2.14 bits per heavy atom. The van der Waals surface area contributed by atoms with Gasteiger partial charge in [-0.05, 0) is 13.8 Å². The van der Waals surface area contributed by atoms with E-state index in [2.05, 4.69) is 11.3 Å². The van der Waals surface area contributed by atoms with Crippen LogP contribution >= 0.6 is 0 Å². The van der Waals surface area contributed by atoms with Crippen molar-refractivity contribution in [1.82, 2.24) is 0 Å². The first-order valence-electron chi connectivity index (χ1n) is 6.87. The molecule has 0 aliphatic carbocycles. The molecule has 0 radical (unpaired) electrons. The largest absolute Gasteiger partial charge is 0.508 e. The van der Waals surface area contributed by atoms with E-state index < -0.39 is 11.9 Å². The van der Waals surface area contributed by atoms with E-state index in [9.17, 15) is 9.59 Å². The molecule has 1 saturated heterocycles. The van der Waals surface area contributed by atoms with Crippen molar-refractivity contribution in [1.29, 1.82) is 0 Å². The van der Waals surface area contributed by atoms with Gasteiger partial charge >= 0.3 is 12.1 Å². The molecule has 0 N–H and O–H groups in total. The van der Waals surface area contributed by atoms with Crippen molar-refractivity contribution in [3.8, 4) is 0 Å². The third-order valence-electron chi connectivity index (χ3n) is 2.79. The van der Waals surface area contributed by atoms with Gasteiger partial charge in [-0.1, -0.05) is 12.7 Å². The average Bonchev–Trinajstić information content (AvgIpc) is 2.83. The molecule has 0 aromatic rings. The zero-order valence-electron chi connectivity index (χ0n) is 12.5. The minimum absolute atomic E-state index is 0.0327. The van der Waals surface area contributed by atoms with E-state index in [1.54, 1.807) is 13.8 Å². The molecule has 0 aromatic carbocycles. The van der Waals surface area contributed by atoms with Crippen LogP contribution in [0.2, 0.25) is 0 Å². The molecule has 21 heavy (non-hydrogen) atoms. The summed E-state index contributed by atoms with van der Waals surface area (Å²) in [5.41, 5.74) is 0. The van der Waals surface area contributed by atoms with Crippen molar-refractivity contribution in [2.24, 2.45) is 0 Å². The maximum Gasteiger partial charge on any atom is 0.508 e. The van der Waals surface area contributed by atoms with Crippen LogP contribution in [0.25, 0.3) is 0 Å². The molecular formula is C14H22O7. The van der Waals surface area contributed by atoms with E-state index in [0.29, 0.717) is 13.0 Å². The average molecular weight is 302 g/mol. The van der Waals surface area contributed by atoms with Crippen LogP contribution in [0, 0.1) is 0 Å². The fourth-order valence-corrected chi connectivity index (χ4v) is 1.79. The van der Waals surface area contributed by atoms with E-state index in [1.165, 1.54) is 6.08 Å². The molecule has 0 bridgehead atoms. The van der Waals surface area contributed by atoms with Gasteiger partial charge in [0, 0.05) is 6.42 Å². The SMILES string of the molecule is C=CCOC(=O)OCC1COC(C)(CCC(=O)OCC)O1. The highest BCUT2D eigenvalue weighted by Gasteiger charge is 2.38. The summed E-state index contributed by atoms with van der Waals surface area (Å²) in [6.45, 7) is 7.67. The first kappa shape index (κ1) is 17.5. The molecule has 2 unspecified atom stereocenters. The van der Waals surface area contributed by atoms with Gasteiger partial charge in [-0.25, -0.2) is 4.79 Å². The van der Waals surface area contributed by atoms with Crippen LogP contribution in [0.3, 0.4) is 0 Å². The summed E-state index contributed by atoms with van der Waals surface area (Å²) in [5.74, 6) is -1.16. The van der Waals surface area contributed by atoms with Crippen LogP contribution in [0.15, 0.2) is 12.7 Å². The topological polar surface area (TPSA) is 80.3 Å². The minimum Gasteiger partial charge on any atom is -0.466 e. The number of ether oxygens (including phenoxy) is 5. The molecule has 1 heterocycles. The predicted molar refractivity (Wildman–Crippen MR) is 72.6 cm³/mol. The Morgan fingerprint density at radius 3 is 2.81 bits per heavy atom. The lowest BCUT2D eigenvalue weighted by Gasteiger charge is -2.22. The molecule has 7 nitrogen and oxygen atoms in total. The van der Waals surface area contributed by atoms with Crippen molar-refractivity contribution in [2.45, 2.75) is 38.6 Å². The monoisotopic (exact) mass is 302 g/mol. The van der Waals surface area contributed by atoms with Crippen LogP contribution in [0.5, 0.6) is 0 Å². The molecule has 120 valence electrons. The van der Waals surface area contributed by atoms with Gasteiger partial charge in [0.05, 0.1) is 19.6 Å². The molecule has 7 heteroatoms. The summed E-state index contributed by atoms with van der Waals surface area (Å²) in [6.07, 6.45) is 0.873. The van der Waals surface area contributed by atoms with Crippen molar-refractivity contribution in [2.75, 3.05) is 26.4 Å². The Kier molecular flexibility index (Phi) is 7.18. The number of esters is 1. The predicted octanol–water partition coefficient (Wildman–Crippen LogP) is 1.80. The molecule has 1 fully saturated rings. The second kappa shape index (κ2) is 8.63. The van der Waals surface area contributed by atoms with Gasteiger partial charge in [0.15, 0.2) is 5.79 Å². The number of hydrogen-bond acceptors (Lipinski definition) is 7. The third-order valence-corrected chi connectivity index (χ3v) is 2.79. The van der Waals surface area contributed by atoms with Gasteiger partial charge in [0.2, 0.25) is 0 Å². The van der Waals surface area contributed by atoms with Crippen LogP contribution in [0.1, 0.15) is 26.7 Å². The number of rotatable bonds is 8. The van der Waals surface area contributed by atoms with Crippen LogP contribution in [-0.2, 0) is 28.5 Å². The van der Waals surface area contributed by atoms with Crippen molar-refractivity contribution < 1.29 is 33.3 Å². The quantitative estimate of drug-likeness (QED) is 0.499. The van der Waals surface area contributed by atoms with Gasteiger partial charge in [-0.3, -0.25) is 4.79 Å². The first-order chi connectivity index (χ1) is 9.99. The van der Waals surface area contributed by atoms with E-state index in [1.807, 2.05) is 0 Å². The first-order valence-corrected chi connectivity index (χ1v) is 6.87. The Labute approximate surface area is 124 Å². The highest BCUT2D eigenvalue weighted by molar-refractivity contribution is 5.69. The Morgan fingerprint density at radius 1 is 1.38 bits per heavy atom. The molecule has 0 amide bonds. The standard InChI is InChI=1S/C14H22O7/c1-4-8-18-13(16)19-9-11-10-20-14(3,21-11)7-6-12(15)17-5-2/h4,11H,1,5-10H2,2-3H3. The summed E-state index contributed by atoms with van der Waals surface area (Å²) < 4.78 is 25.6. The Balaban J connectivity index is 2.25. The second-order valence-electron chi connectivity index (χ2n) is 4.65. The Bertz CT molecular complexity index is 368. The highest BCUT2D eigenvalue weighted by atomic mass is 16.8. The summed E-state index contributed by atoms with van der Waals surface area (Å²) in [6, 6.07) is 0. The number of carbonyl (C=O) groups is 2. The molecule has 1 rings (SSSR count). The highest BCUT2D eigenvalue weighted by Crippen LogP contribution is 2.28. The zero-order chi connectivity index (χ0) is 15.7. The second-order valence-corrected chi connectivity index (χ2v) is 4.65. The van der Waals surface area contributed by atoms with Crippen molar-refractivity contribution >= 4 is 12.1 Å². The van der Waals surface area contributed by atoms with Crippen LogP contribution < -0.4 is 0 Å². The lowest BCUT2D eigenvalue weighted by atomic mass is 10.2. The fraction of sp³-hybridized carbons (Fsp3) is 0.714. The number of hydrogen-bond donors (Lipinski definition) is 0. The normalized spacial score (nSPS) is 24.4. The van der Waals surface area contributed by atoms with Crippen molar-refractivity contribution in [3.05, 3.63) is 12.7 Å². The maximum atomic E-state index is 11.3. The lowest BCUT2D eigenvalue weighted by Crippen LogP contribution is -2.29. The van der Waals surface area contributed by atoms with Crippen molar-refractivity contribution in [3.63, 3.8) is 0 Å². The van der Waals surface area contributed by atoms with E-state index in [4.69, 9.17) is 18.9 Å². The Hall–Kier alpha value is -1.60. The molecule has 0 aromatic heterocycles. The number of carbonyl (C=O) groups excluding carboxylic acids is 2. The van der Waals surface area contributed by atoms with E-state index in [-0.39, 0.29) is 38.3 Å². The molecular weight excluding hydrogens is 280 g/mol. The van der Waals surface area contributed by atoms with Gasteiger partial charge < -0.3 is 23.7 Å². The summed E-state index contributed by atoms with van der Waals surface area (Å²) in [7, 11) is 0. The maximum absolute atomic E-state index is 11.3. The fourth-order valence-electron chi connectivity index (χ4n) is 1.79. The molecule has 0 saturated carbocycles. The van der Waals surface area contributed by atoms with E-state index in [0.717, 1.165) is 0 Å². The molecule has 0 spiro atoms. The van der Waals surface area contributed by atoms with Gasteiger partial charge in [-0.2, -0.15) is 0 Å². The van der Waals surface area contributed by atoms with Crippen LogP contribution in [-0.4, -0.2) is 50.4 Å². The van der Waals surface area contributed by atoms with Gasteiger partial charge in [0.25, 0.3) is 0 Å². The zero-order valence-corrected chi connectivity index (χ0v) is 12.5. The lowest BCUT2D eigenvalue weighted by molar-refractivity contribution is -0.170. The third kappa shape index (κ3) is 6.59. The molecule has 2 atom stereocenters. The summed E-state index contributed by atoms with van der Waals surface area (Å²) in [5, 5.41) is 0. The minimum atomic E-state index is -0.869. The van der Waals surface area contributed by atoms with E-state index >= 15 is 0 Å². The van der Waals surface area contributed by atoms with Gasteiger partial charge in [-0.15, -0.1) is 0 Å².